The number of benzene rings is 1. The average molecular weight is 332 g/mol. The summed E-state index contributed by atoms with van der Waals surface area (Å²) in [5.41, 5.74) is 0.0885. The van der Waals surface area contributed by atoms with E-state index in [1.807, 2.05) is 11.4 Å². The van der Waals surface area contributed by atoms with Crippen molar-refractivity contribution >= 4 is 23.2 Å². The van der Waals surface area contributed by atoms with Gasteiger partial charge in [0.1, 0.15) is 5.82 Å². The molecule has 1 fully saturated rings. The summed E-state index contributed by atoms with van der Waals surface area (Å²) < 4.78 is 13.8. The number of hydrogen-bond donors (Lipinski definition) is 0. The maximum absolute atomic E-state index is 13.8. The summed E-state index contributed by atoms with van der Waals surface area (Å²) in [6, 6.07) is 9.66. The fourth-order valence-electron chi connectivity index (χ4n) is 2.68. The molecule has 1 aliphatic rings. The van der Waals surface area contributed by atoms with Crippen LogP contribution in [0.5, 0.6) is 0 Å². The monoisotopic (exact) mass is 332 g/mol. The summed E-state index contributed by atoms with van der Waals surface area (Å²) in [5, 5.41) is 1.87. The first-order valence-electron chi connectivity index (χ1n) is 7.53. The van der Waals surface area contributed by atoms with E-state index < -0.39 is 5.82 Å². The van der Waals surface area contributed by atoms with Crippen LogP contribution in [0.2, 0.25) is 0 Å². The van der Waals surface area contributed by atoms with Crippen molar-refractivity contribution in [3.05, 3.63) is 58.0 Å². The van der Waals surface area contributed by atoms with Crippen molar-refractivity contribution in [1.82, 2.24) is 9.80 Å². The highest BCUT2D eigenvalue weighted by atomic mass is 32.1. The molecular weight excluding hydrogens is 315 g/mol. The molecule has 0 atom stereocenters. The van der Waals surface area contributed by atoms with Crippen LogP contribution in [0.3, 0.4) is 0 Å². The lowest BCUT2D eigenvalue weighted by Gasteiger charge is -2.22. The van der Waals surface area contributed by atoms with Gasteiger partial charge in [0.2, 0.25) is 0 Å². The highest BCUT2D eigenvalue weighted by Crippen LogP contribution is 2.16. The number of rotatable bonds is 2. The maximum Gasteiger partial charge on any atom is 0.263 e. The second kappa shape index (κ2) is 6.91. The normalized spacial score (nSPS) is 15.3. The van der Waals surface area contributed by atoms with E-state index in [0.717, 1.165) is 0 Å². The fraction of sp³-hybridized carbons (Fsp3) is 0.294. The van der Waals surface area contributed by atoms with Gasteiger partial charge >= 0.3 is 0 Å². The topological polar surface area (TPSA) is 40.6 Å². The lowest BCUT2D eigenvalue weighted by Crippen LogP contribution is -2.37. The van der Waals surface area contributed by atoms with E-state index in [1.54, 1.807) is 28.0 Å². The number of hydrogen-bond acceptors (Lipinski definition) is 3. The van der Waals surface area contributed by atoms with Crippen molar-refractivity contribution in [2.45, 2.75) is 6.42 Å². The molecule has 1 aliphatic heterocycles. The number of nitrogens with zero attached hydrogens (tertiary/aromatic N) is 2. The molecule has 6 heteroatoms. The van der Waals surface area contributed by atoms with Gasteiger partial charge in [0.25, 0.3) is 11.8 Å². The second-order valence-corrected chi connectivity index (χ2v) is 6.34. The van der Waals surface area contributed by atoms with E-state index in [2.05, 4.69) is 0 Å². The maximum atomic E-state index is 13.8. The van der Waals surface area contributed by atoms with Gasteiger partial charge in [0, 0.05) is 26.2 Å². The third kappa shape index (κ3) is 3.42. The van der Waals surface area contributed by atoms with Gasteiger partial charge in [0.15, 0.2) is 0 Å². The Morgan fingerprint density at radius 3 is 2.26 bits per heavy atom. The molecule has 0 bridgehead atoms. The standard InChI is InChI=1S/C17H17FN2O2S/c18-14-6-2-1-5-13(14)16(21)19-8-4-9-20(11-10-19)17(22)15-7-3-12-23-15/h1-3,5-7,12H,4,8-11H2. The molecule has 1 aromatic heterocycles. The third-order valence-electron chi connectivity index (χ3n) is 3.91. The molecule has 0 spiro atoms. The van der Waals surface area contributed by atoms with E-state index in [0.29, 0.717) is 37.5 Å². The summed E-state index contributed by atoms with van der Waals surface area (Å²) in [6.45, 7) is 2.03. The predicted molar refractivity (Wildman–Crippen MR) is 87.1 cm³/mol. The molecular formula is C17H17FN2O2S. The zero-order valence-corrected chi connectivity index (χ0v) is 13.4. The Bertz CT molecular complexity index is 702. The largest absolute Gasteiger partial charge is 0.337 e. The van der Waals surface area contributed by atoms with Gasteiger partial charge in [0.05, 0.1) is 10.4 Å². The minimum Gasteiger partial charge on any atom is -0.337 e. The Balaban J connectivity index is 1.68. The van der Waals surface area contributed by atoms with Crippen LogP contribution in [0.25, 0.3) is 0 Å². The number of thiophene rings is 1. The lowest BCUT2D eigenvalue weighted by atomic mass is 10.2. The molecule has 0 N–H and O–H groups in total. The highest BCUT2D eigenvalue weighted by molar-refractivity contribution is 7.12. The van der Waals surface area contributed by atoms with Crippen LogP contribution in [-0.2, 0) is 0 Å². The van der Waals surface area contributed by atoms with E-state index in [9.17, 15) is 14.0 Å². The lowest BCUT2D eigenvalue weighted by molar-refractivity contribution is 0.0718. The van der Waals surface area contributed by atoms with Gasteiger partial charge < -0.3 is 9.80 Å². The van der Waals surface area contributed by atoms with E-state index >= 15 is 0 Å². The Kier molecular flexibility index (Phi) is 4.71. The molecule has 120 valence electrons. The highest BCUT2D eigenvalue weighted by Gasteiger charge is 2.25. The smallest absolute Gasteiger partial charge is 0.263 e. The first-order chi connectivity index (χ1) is 11.2. The molecule has 1 aromatic carbocycles. The van der Waals surface area contributed by atoms with Crippen LogP contribution in [0.15, 0.2) is 41.8 Å². The van der Waals surface area contributed by atoms with Crippen molar-refractivity contribution in [3.63, 3.8) is 0 Å². The molecule has 3 rings (SSSR count). The molecule has 2 heterocycles. The first-order valence-corrected chi connectivity index (χ1v) is 8.41. The van der Waals surface area contributed by atoms with Crippen molar-refractivity contribution in [2.75, 3.05) is 26.2 Å². The number of halogens is 1. The zero-order chi connectivity index (χ0) is 16.2. The van der Waals surface area contributed by atoms with E-state index in [-0.39, 0.29) is 17.4 Å². The Morgan fingerprint density at radius 1 is 0.913 bits per heavy atom. The third-order valence-corrected chi connectivity index (χ3v) is 4.76. The molecule has 0 unspecified atom stereocenters. The number of amides is 2. The fourth-order valence-corrected chi connectivity index (χ4v) is 3.38. The molecule has 2 amide bonds. The summed E-state index contributed by atoms with van der Waals surface area (Å²) in [5.74, 6) is -0.818. The second-order valence-electron chi connectivity index (χ2n) is 5.40. The quantitative estimate of drug-likeness (QED) is 0.848. The van der Waals surface area contributed by atoms with Crippen LogP contribution in [0, 0.1) is 5.82 Å². The zero-order valence-electron chi connectivity index (χ0n) is 12.6. The molecule has 23 heavy (non-hydrogen) atoms. The van der Waals surface area contributed by atoms with Gasteiger partial charge in [-0.25, -0.2) is 4.39 Å². The van der Waals surface area contributed by atoms with Crippen molar-refractivity contribution in [3.8, 4) is 0 Å². The molecule has 0 saturated carbocycles. The van der Waals surface area contributed by atoms with Crippen LogP contribution in [0.1, 0.15) is 26.5 Å². The molecule has 0 aliphatic carbocycles. The van der Waals surface area contributed by atoms with Crippen molar-refractivity contribution < 1.29 is 14.0 Å². The molecule has 0 radical (unpaired) electrons. The van der Waals surface area contributed by atoms with Crippen molar-refractivity contribution in [1.29, 1.82) is 0 Å². The van der Waals surface area contributed by atoms with Gasteiger partial charge in [-0.05, 0) is 30.0 Å². The van der Waals surface area contributed by atoms with Crippen molar-refractivity contribution in [2.24, 2.45) is 0 Å². The van der Waals surface area contributed by atoms with Gasteiger partial charge in [-0.15, -0.1) is 11.3 Å². The summed E-state index contributed by atoms with van der Waals surface area (Å²) in [7, 11) is 0. The Labute approximate surface area is 138 Å². The summed E-state index contributed by atoms with van der Waals surface area (Å²) >= 11 is 1.42. The molecule has 1 saturated heterocycles. The Morgan fingerprint density at radius 2 is 1.61 bits per heavy atom. The van der Waals surface area contributed by atoms with E-state index in [1.165, 1.54) is 23.5 Å². The minimum absolute atomic E-state index is 0.000177. The Hall–Kier alpha value is -2.21. The molecule has 2 aromatic rings. The summed E-state index contributed by atoms with van der Waals surface area (Å²) in [4.78, 5) is 28.9. The van der Waals surface area contributed by atoms with Crippen LogP contribution < -0.4 is 0 Å². The first kappa shape index (κ1) is 15.7. The summed E-state index contributed by atoms with van der Waals surface area (Å²) in [6.07, 6.45) is 0.692. The molecule has 4 nitrogen and oxygen atoms in total. The number of carbonyl (C=O) groups excluding carboxylic acids is 2. The van der Waals surface area contributed by atoms with Crippen LogP contribution in [-0.4, -0.2) is 47.8 Å². The predicted octanol–water partition coefficient (Wildman–Crippen LogP) is 2.88. The van der Waals surface area contributed by atoms with Crippen LogP contribution >= 0.6 is 11.3 Å². The average Bonchev–Trinajstić information content (AvgIpc) is 2.98. The van der Waals surface area contributed by atoms with E-state index in [4.69, 9.17) is 0 Å². The van der Waals surface area contributed by atoms with Gasteiger partial charge in [-0.3, -0.25) is 9.59 Å². The van der Waals surface area contributed by atoms with Gasteiger partial charge in [-0.1, -0.05) is 18.2 Å². The SMILES string of the molecule is O=C(c1cccs1)N1CCCN(C(=O)c2ccccc2F)CC1. The van der Waals surface area contributed by atoms with Crippen LogP contribution in [0.4, 0.5) is 4.39 Å². The minimum atomic E-state index is -0.506. The number of carbonyl (C=O) groups is 2. The van der Waals surface area contributed by atoms with Gasteiger partial charge in [-0.2, -0.15) is 0 Å².